The largest absolute Gasteiger partial charge is 0.481 e. The summed E-state index contributed by atoms with van der Waals surface area (Å²) in [5, 5.41) is 12.4. The van der Waals surface area contributed by atoms with E-state index in [1.165, 1.54) is 0 Å². The zero-order chi connectivity index (χ0) is 14.6. The van der Waals surface area contributed by atoms with Gasteiger partial charge in [0.2, 0.25) is 5.91 Å². The molecule has 2 bridgehead atoms. The fraction of sp³-hybridized carbons (Fsp3) is 0.412. The first kappa shape index (κ1) is 12.6. The Balaban J connectivity index is 1.63. The zero-order valence-electron chi connectivity index (χ0n) is 11.5. The van der Waals surface area contributed by atoms with Gasteiger partial charge in [-0.25, -0.2) is 0 Å². The van der Waals surface area contributed by atoms with Crippen molar-refractivity contribution in [3.63, 3.8) is 0 Å². The number of nitrogens with one attached hydrogen (secondary N) is 1. The van der Waals surface area contributed by atoms with Crippen molar-refractivity contribution in [2.24, 2.45) is 29.1 Å². The number of rotatable bonds is 3. The Hall–Kier alpha value is -2.10. The maximum Gasteiger partial charge on any atom is 0.307 e. The normalized spacial score (nSPS) is 34.1. The van der Waals surface area contributed by atoms with Crippen molar-refractivity contribution >= 4 is 17.6 Å². The predicted molar refractivity (Wildman–Crippen MR) is 77.5 cm³/mol. The molecule has 4 rings (SSSR count). The minimum absolute atomic E-state index is 0.0338. The summed E-state index contributed by atoms with van der Waals surface area (Å²) in [6.07, 6.45) is 6.21. The molecule has 4 atom stereocenters. The highest BCUT2D eigenvalue weighted by molar-refractivity contribution is 5.96. The van der Waals surface area contributed by atoms with Gasteiger partial charge in [0.15, 0.2) is 0 Å². The number of carbonyl (C=O) groups is 2. The molecule has 0 unspecified atom stereocenters. The van der Waals surface area contributed by atoms with E-state index >= 15 is 0 Å². The molecule has 1 aromatic carbocycles. The predicted octanol–water partition coefficient (Wildman–Crippen LogP) is 2.54. The van der Waals surface area contributed by atoms with Crippen LogP contribution in [-0.2, 0) is 9.59 Å². The quantitative estimate of drug-likeness (QED) is 0.838. The number of allylic oxidation sites excluding steroid dienone is 2. The number of carboxylic acids is 1. The number of carboxylic acid groups (broad SMARTS) is 1. The molecule has 3 aliphatic rings. The maximum absolute atomic E-state index is 12.6. The fourth-order valence-corrected chi connectivity index (χ4v) is 4.44. The molecular formula is C17H17NO3. The summed E-state index contributed by atoms with van der Waals surface area (Å²) in [6, 6.07) is 9.24. The molecule has 1 spiro atoms. The van der Waals surface area contributed by atoms with Crippen LogP contribution in [-0.4, -0.2) is 17.0 Å². The second kappa shape index (κ2) is 4.20. The highest BCUT2D eigenvalue weighted by Crippen LogP contribution is 2.72. The van der Waals surface area contributed by atoms with Crippen LogP contribution >= 0.6 is 0 Å². The van der Waals surface area contributed by atoms with E-state index in [4.69, 9.17) is 0 Å². The number of hydrogen-bond donors (Lipinski definition) is 2. The van der Waals surface area contributed by atoms with Crippen molar-refractivity contribution in [3.8, 4) is 0 Å². The summed E-state index contributed by atoms with van der Waals surface area (Å²) in [4.78, 5) is 24.3. The molecule has 0 heterocycles. The Morgan fingerprint density at radius 3 is 2.24 bits per heavy atom. The lowest BCUT2D eigenvalue weighted by molar-refractivity contribution is -0.146. The van der Waals surface area contributed by atoms with Crippen molar-refractivity contribution in [2.45, 2.75) is 12.8 Å². The first-order chi connectivity index (χ1) is 10.1. The molecule has 0 radical (unpaired) electrons. The molecule has 108 valence electrons. The summed E-state index contributed by atoms with van der Waals surface area (Å²) in [5.41, 5.74) is 0.796. The van der Waals surface area contributed by atoms with E-state index in [1.807, 2.05) is 36.4 Å². The first-order valence-corrected chi connectivity index (χ1v) is 7.40. The van der Waals surface area contributed by atoms with Gasteiger partial charge < -0.3 is 10.4 Å². The van der Waals surface area contributed by atoms with Crippen LogP contribution < -0.4 is 5.32 Å². The fourth-order valence-electron chi connectivity index (χ4n) is 4.44. The van der Waals surface area contributed by atoms with Gasteiger partial charge in [-0.05, 0) is 42.2 Å². The monoisotopic (exact) mass is 283 g/mol. The third-order valence-electron chi connectivity index (χ3n) is 5.47. The zero-order valence-corrected chi connectivity index (χ0v) is 11.5. The van der Waals surface area contributed by atoms with Crippen LogP contribution in [0.3, 0.4) is 0 Å². The molecule has 4 heteroatoms. The Kier molecular flexibility index (Phi) is 2.52. The van der Waals surface area contributed by atoms with Crippen LogP contribution in [0.4, 0.5) is 5.69 Å². The van der Waals surface area contributed by atoms with Gasteiger partial charge in [0, 0.05) is 5.69 Å². The van der Waals surface area contributed by atoms with Gasteiger partial charge in [-0.15, -0.1) is 0 Å². The van der Waals surface area contributed by atoms with Crippen LogP contribution in [0.25, 0.3) is 0 Å². The molecule has 2 N–H and O–H groups in total. The number of anilines is 1. The molecular weight excluding hydrogens is 266 g/mol. The van der Waals surface area contributed by atoms with Crippen molar-refractivity contribution in [1.29, 1.82) is 0 Å². The molecule has 0 aromatic heterocycles. The molecule has 4 nitrogen and oxygen atoms in total. The van der Waals surface area contributed by atoms with E-state index in [9.17, 15) is 14.7 Å². The lowest BCUT2D eigenvalue weighted by Gasteiger charge is -2.23. The number of benzene rings is 1. The molecule has 2 fully saturated rings. The van der Waals surface area contributed by atoms with E-state index in [0.29, 0.717) is 0 Å². The van der Waals surface area contributed by atoms with Gasteiger partial charge in [0.25, 0.3) is 0 Å². The third kappa shape index (κ3) is 1.68. The maximum atomic E-state index is 12.6. The van der Waals surface area contributed by atoms with E-state index in [2.05, 4.69) is 11.4 Å². The Labute approximate surface area is 122 Å². The van der Waals surface area contributed by atoms with Gasteiger partial charge in [-0.2, -0.15) is 0 Å². The third-order valence-corrected chi connectivity index (χ3v) is 5.47. The minimum Gasteiger partial charge on any atom is -0.481 e. The number of para-hydroxylation sites is 1. The highest BCUT2D eigenvalue weighted by Gasteiger charge is 2.70. The van der Waals surface area contributed by atoms with Crippen molar-refractivity contribution in [2.75, 3.05) is 5.32 Å². The number of hydrogen-bond acceptors (Lipinski definition) is 2. The topological polar surface area (TPSA) is 66.4 Å². The summed E-state index contributed by atoms with van der Waals surface area (Å²) >= 11 is 0. The second-order valence-corrected chi connectivity index (χ2v) is 6.41. The molecule has 0 saturated heterocycles. The summed E-state index contributed by atoms with van der Waals surface area (Å²) in [6.45, 7) is 0. The van der Waals surface area contributed by atoms with Crippen LogP contribution in [0.5, 0.6) is 0 Å². The Bertz CT molecular complexity index is 633. The van der Waals surface area contributed by atoms with Crippen molar-refractivity contribution < 1.29 is 14.7 Å². The van der Waals surface area contributed by atoms with Gasteiger partial charge in [0.05, 0.1) is 11.8 Å². The SMILES string of the molecule is O=C(O)[C@H]1[C@H](C(=O)Nc2ccccc2)[C@@H]2C=C[C@H]1C21CC1. The summed E-state index contributed by atoms with van der Waals surface area (Å²) in [5.74, 6) is -1.90. The van der Waals surface area contributed by atoms with Crippen LogP contribution in [0.2, 0.25) is 0 Å². The average Bonchev–Trinajstić information content (AvgIpc) is 3.13. The standard InChI is InChI=1S/C17H17NO3/c19-15(18-10-4-2-1-3-5-10)13-11-6-7-12(14(13)16(20)21)17(11)8-9-17/h1-7,11-14H,8-9H2,(H,18,19)(H,20,21)/t11-,12+,13+,14+/m0/s1. The number of carbonyl (C=O) groups excluding carboxylic acids is 1. The lowest BCUT2D eigenvalue weighted by atomic mass is 9.82. The van der Waals surface area contributed by atoms with E-state index < -0.39 is 17.8 Å². The van der Waals surface area contributed by atoms with Crippen molar-refractivity contribution in [3.05, 3.63) is 42.5 Å². The number of amides is 1. The van der Waals surface area contributed by atoms with Gasteiger partial charge >= 0.3 is 5.97 Å². The van der Waals surface area contributed by atoms with Gasteiger partial charge in [-0.3, -0.25) is 9.59 Å². The highest BCUT2D eigenvalue weighted by atomic mass is 16.4. The Morgan fingerprint density at radius 2 is 1.67 bits per heavy atom. The van der Waals surface area contributed by atoms with Gasteiger partial charge in [0.1, 0.15) is 0 Å². The molecule has 0 aliphatic heterocycles. The molecule has 1 amide bonds. The average molecular weight is 283 g/mol. The van der Waals surface area contributed by atoms with E-state index in [-0.39, 0.29) is 23.2 Å². The first-order valence-electron chi connectivity index (χ1n) is 7.40. The smallest absolute Gasteiger partial charge is 0.307 e. The van der Waals surface area contributed by atoms with E-state index in [0.717, 1.165) is 18.5 Å². The second-order valence-electron chi connectivity index (χ2n) is 6.41. The molecule has 1 aromatic rings. The van der Waals surface area contributed by atoms with Crippen molar-refractivity contribution in [1.82, 2.24) is 0 Å². The van der Waals surface area contributed by atoms with E-state index in [1.54, 1.807) is 0 Å². The van der Waals surface area contributed by atoms with Crippen LogP contribution in [0.15, 0.2) is 42.5 Å². The minimum atomic E-state index is -0.841. The van der Waals surface area contributed by atoms with Crippen LogP contribution in [0, 0.1) is 29.1 Å². The van der Waals surface area contributed by atoms with Crippen LogP contribution in [0.1, 0.15) is 12.8 Å². The van der Waals surface area contributed by atoms with Gasteiger partial charge in [-0.1, -0.05) is 30.4 Å². The Morgan fingerprint density at radius 1 is 1.05 bits per heavy atom. The lowest BCUT2D eigenvalue weighted by Crippen LogP contribution is -2.36. The number of aliphatic carboxylic acids is 1. The molecule has 2 saturated carbocycles. The summed E-state index contributed by atoms with van der Waals surface area (Å²) < 4.78 is 0. The molecule has 21 heavy (non-hydrogen) atoms. The summed E-state index contributed by atoms with van der Waals surface area (Å²) in [7, 11) is 0. The molecule has 3 aliphatic carbocycles.